The Morgan fingerprint density at radius 1 is 1.59 bits per heavy atom. The number of benzene rings is 1. The Bertz CT molecular complexity index is 432. The quantitative estimate of drug-likeness (QED) is 0.267. The molecule has 0 spiro atoms. The summed E-state index contributed by atoms with van der Waals surface area (Å²) in [4.78, 5) is 11.8. The number of carbonyl (C=O) groups is 1. The topological polar surface area (TPSA) is 108 Å². The molecular weight excluding hydrogens is 222 g/mol. The Kier molecular flexibility index (Phi) is 4.33. The van der Waals surface area contributed by atoms with Gasteiger partial charge in [-0.3, -0.25) is 4.79 Å². The zero-order chi connectivity index (χ0) is 12.8. The molecule has 1 aromatic rings. The van der Waals surface area contributed by atoms with E-state index >= 15 is 0 Å². The number of nitrogens with one attached hydrogen (secondary N) is 1. The Labute approximate surface area is 98.7 Å². The van der Waals surface area contributed by atoms with E-state index in [-0.39, 0.29) is 17.5 Å². The maximum atomic E-state index is 11.8. The van der Waals surface area contributed by atoms with Crippen LogP contribution in [0.25, 0.3) is 0 Å². The molecule has 5 N–H and O–H groups in total. The molecule has 0 heterocycles. The van der Waals surface area contributed by atoms with E-state index in [9.17, 15) is 9.90 Å². The van der Waals surface area contributed by atoms with Crippen molar-refractivity contribution in [3.63, 3.8) is 0 Å². The van der Waals surface area contributed by atoms with Gasteiger partial charge in [0, 0.05) is 5.56 Å². The number of hydrogen-bond donors (Lipinski definition) is 4. The van der Waals surface area contributed by atoms with Crippen molar-refractivity contribution in [3.05, 3.63) is 29.8 Å². The molecule has 0 aliphatic heterocycles. The van der Waals surface area contributed by atoms with E-state index in [1.807, 2.05) is 0 Å². The van der Waals surface area contributed by atoms with Crippen LogP contribution in [0.15, 0.2) is 29.4 Å². The van der Waals surface area contributed by atoms with Crippen LogP contribution in [0.3, 0.4) is 0 Å². The standard InChI is InChI=1S/C11H15N3O3/c1-2-9(10(12)14-17)13-11(16)7-4-3-5-8(15)6-7/h3-6,9,15,17H,2H2,1H3,(H2,12,14)(H,13,16). The Morgan fingerprint density at radius 3 is 2.82 bits per heavy atom. The first kappa shape index (κ1) is 12.8. The summed E-state index contributed by atoms with van der Waals surface area (Å²) in [5.41, 5.74) is 5.73. The molecule has 6 nitrogen and oxygen atoms in total. The monoisotopic (exact) mass is 237 g/mol. The number of nitrogens with two attached hydrogens (primary N) is 1. The van der Waals surface area contributed by atoms with Crippen molar-refractivity contribution in [3.8, 4) is 5.75 Å². The summed E-state index contributed by atoms with van der Waals surface area (Å²) in [6.45, 7) is 1.80. The summed E-state index contributed by atoms with van der Waals surface area (Å²) >= 11 is 0. The van der Waals surface area contributed by atoms with E-state index < -0.39 is 6.04 Å². The number of oxime groups is 1. The van der Waals surface area contributed by atoms with E-state index in [2.05, 4.69) is 10.5 Å². The lowest BCUT2D eigenvalue weighted by Gasteiger charge is -2.15. The molecule has 0 bridgehead atoms. The minimum atomic E-state index is -0.533. The molecule has 0 aliphatic carbocycles. The molecule has 17 heavy (non-hydrogen) atoms. The van der Waals surface area contributed by atoms with Gasteiger partial charge in [-0.25, -0.2) is 0 Å². The molecular formula is C11H15N3O3. The molecule has 0 aliphatic rings. The van der Waals surface area contributed by atoms with Gasteiger partial charge >= 0.3 is 0 Å². The third-order valence-electron chi connectivity index (χ3n) is 2.29. The highest BCUT2D eigenvalue weighted by Gasteiger charge is 2.16. The summed E-state index contributed by atoms with van der Waals surface area (Å²) in [5.74, 6) is -0.435. The fraction of sp³-hybridized carbons (Fsp3) is 0.273. The van der Waals surface area contributed by atoms with Crippen LogP contribution in [0.4, 0.5) is 0 Å². The van der Waals surface area contributed by atoms with E-state index in [0.717, 1.165) is 0 Å². The number of rotatable bonds is 4. The number of phenolic OH excluding ortho intramolecular Hbond substituents is 1. The normalized spacial score (nSPS) is 13.1. The third-order valence-corrected chi connectivity index (χ3v) is 2.29. The van der Waals surface area contributed by atoms with Gasteiger partial charge in [0.05, 0.1) is 6.04 Å². The fourth-order valence-electron chi connectivity index (χ4n) is 1.34. The van der Waals surface area contributed by atoms with Gasteiger partial charge in [0.25, 0.3) is 5.91 Å². The Hall–Kier alpha value is -2.24. The number of carbonyl (C=O) groups excluding carboxylic acids is 1. The van der Waals surface area contributed by atoms with Gasteiger partial charge in [0.2, 0.25) is 0 Å². The fourth-order valence-corrected chi connectivity index (χ4v) is 1.34. The smallest absolute Gasteiger partial charge is 0.252 e. The average Bonchev–Trinajstić information content (AvgIpc) is 2.34. The molecule has 6 heteroatoms. The maximum absolute atomic E-state index is 11.8. The van der Waals surface area contributed by atoms with Crippen molar-refractivity contribution < 1.29 is 15.1 Å². The summed E-state index contributed by atoms with van der Waals surface area (Å²) in [6, 6.07) is 5.41. The second-order valence-corrected chi connectivity index (χ2v) is 3.51. The maximum Gasteiger partial charge on any atom is 0.252 e. The summed E-state index contributed by atoms with van der Waals surface area (Å²) in [7, 11) is 0. The minimum Gasteiger partial charge on any atom is -0.508 e. The SMILES string of the molecule is CCC(NC(=O)c1cccc(O)c1)/C(N)=N/O. The molecule has 1 atom stereocenters. The first-order valence-electron chi connectivity index (χ1n) is 5.15. The average molecular weight is 237 g/mol. The van der Waals surface area contributed by atoms with Crippen LogP contribution in [0.1, 0.15) is 23.7 Å². The Morgan fingerprint density at radius 2 is 2.29 bits per heavy atom. The van der Waals surface area contributed by atoms with Crippen LogP contribution in [0.2, 0.25) is 0 Å². The van der Waals surface area contributed by atoms with Gasteiger partial charge < -0.3 is 21.4 Å². The van der Waals surface area contributed by atoms with Gasteiger partial charge in [-0.2, -0.15) is 0 Å². The van der Waals surface area contributed by atoms with E-state index in [1.165, 1.54) is 12.1 Å². The number of hydrogen-bond acceptors (Lipinski definition) is 4. The van der Waals surface area contributed by atoms with Crippen LogP contribution in [-0.4, -0.2) is 28.1 Å². The molecule has 1 rings (SSSR count). The number of phenols is 1. The lowest BCUT2D eigenvalue weighted by atomic mass is 10.1. The Balaban J connectivity index is 2.78. The van der Waals surface area contributed by atoms with Crippen molar-refractivity contribution in [2.75, 3.05) is 0 Å². The number of nitrogens with zero attached hydrogens (tertiary/aromatic N) is 1. The van der Waals surface area contributed by atoms with Crippen molar-refractivity contribution in [2.24, 2.45) is 10.9 Å². The molecule has 1 amide bonds. The summed E-state index contributed by atoms with van der Waals surface area (Å²) in [6.07, 6.45) is 0.500. The van der Waals surface area contributed by atoms with Crippen LogP contribution in [-0.2, 0) is 0 Å². The molecule has 92 valence electrons. The molecule has 0 aromatic heterocycles. The number of amides is 1. The lowest BCUT2D eigenvalue weighted by molar-refractivity contribution is 0.0945. The summed E-state index contributed by atoms with van der Waals surface area (Å²) in [5, 5.41) is 23.2. The van der Waals surface area contributed by atoms with Gasteiger partial charge in [-0.05, 0) is 24.6 Å². The van der Waals surface area contributed by atoms with E-state index in [1.54, 1.807) is 19.1 Å². The van der Waals surface area contributed by atoms with Crippen molar-refractivity contribution in [1.29, 1.82) is 0 Å². The predicted octanol–water partition coefficient (Wildman–Crippen LogP) is 0.647. The molecule has 1 aromatic carbocycles. The van der Waals surface area contributed by atoms with E-state index in [0.29, 0.717) is 12.0 Å². The predicted molar refractivity (Wildman–Crippen MR) is 63.1 cm³/mol. The first-order valence-corrected chi connectivity index (χ1v) is 5.15. The van der Waals surface area contributed by atoms with Crippen LogP contribution in [0, 0.1) is 0 Å². The molecule has 0 saturated carbocycles. The van der Waals surface area contributed by atoms with Gasteiger partial charge in [-0.15, -0.1) is 0 Å². The lowest BCUT2D eigenvalue weighted by Crippen LogP contribution is -2.44. The van der Waals surface area contributed by atoms with Gasteiger partial charge in [-0.1, -0.05) is 18.1 Å². The highest BCUT2D eigenvalue weighted by molar-refractivity contribution is 5.98. The molecule has 0 saturated heterocycles. The zero-order valence-electron chi connectivity index (χ0n) is 9.42. The zero-order valence-corrected chi connectivity index (χ0v) is 9.42. The van der Waals surface area contributed by atoms with E-state index in [4.69, 9.17) is 10.9 Å². The van der Waals surface area contributed by atoms with Gasteiger partial charge in [0.1, 0.15) is 5.75 Å². The molecule has 0 radical (unpaired) electrons. The van der Waals surface area contributed by atoms with Crippen LogP contribution >= 0.6 is 0 Å². The largest absolute Gasteiger partial charge is 0.508 e. The summed E-state index contributed by atoms with van der Waals surface area (Å²) < 4.78 is 0. The van der Waals surface area contributed by atoms with Gasteiger partial charge in [0.15, 0.2) is 5.84 Å². The molecule has 1 unspecified atom stereocenters. The van der Waals surface area contributed by atoms with Crippen molar-refractivity contribution >= 4 is 11.7 Å². The number of amidine groups is 1. The molecule has 0 fully saturated rings. The second kappa shape index (κ2) is 5.74. The minimum absolute atomic E-state index is 0.00879. The number of aromatic hydroxyl groups is 1. The highest BCUT2D eigenvalue weighted by Crippen LogP contribution is 2.10. The van der Waals surface area contributed by atoms with Crippen molar-refractivity contribution in [1.82, 2.24) is 5.32 Å². The first-order chi connectivity index (χ1) is 8.08. The van der Waals surface area contributed by atoms with Crippen LogP contribution in [0.5, 0.6) is 5.75 Å². The van der Waals surface area contributed by atoms with Crippen LogP contribution < -0.4 is 11.1 Å². The second-order valence-electron chi connectivity index (χ2n) is 3.51. The third kappa shape index (κ3) is 3.37. The highest BCUT2D eigenvalue weighted by atomic mass is 16.4. The van der Waals surface area contributed by atoms with Crippen molar-refractivity contribution in [2.45, 2.75) is 19.4 Å².